The van der Waals surface area contributed by atoms with Gasteiger partial charge in [-0.15, -0.1) is 0 Å². The first-order chi connectivity index (χ1) is 16.0. The predicted octanol–water partition coefficient (Wildman–Crippen LogP) is 1.68. The molecule has 3 rings (SSSR count). The van der Waals surface area contributed by atoms with E-state index in [9.17, 15) is 20.3 Å². The smallest absolute Gasteiger partial charge is 0.239 e. The second kappa shape index (κ2) is 11.0. The Hall–Kier alpha value is -4.07. The third kappa shape index (κ3) is 6.00. The number of nitriles is 1. The van der Waals surface area contributed by atoms with E-state index in [0.717, 1.165) is 11.1 Å². The van der Waals surface area contributed by atoms with Crippen LogP contribution in [0.15, 0.2) is 42.6 Å². The number of hydrogen-bond acceptors (Lipinski definition) is 9. The molecule has 1 aromatic carbocycles. The number of carbonyl (C=O) groups is 1. The lowest BCUT2D eigenvalue weighted by Gasteiger charge is -2.15. The first-order valence-corrected chi connectivity index (χ1v) is 10.3. The zero-order chi connectivity index (χ0) is 23.8. The van der Waals surface area contributed by atoms with E-state index >= 15 is 0 Å². The number of benzene rings is 1. The SMILES string of the molecule is CC[C@@H](Nc1nc(NCc2ccc(-c3cc(CO)cc(CO)n3)cc2)ncc1C#N)C(N)=O. The average molecular weight is 447 g/mol. The number of aromatic nitrogens is 3. The van der Waals surface area contributed by atoms with Crippen LogP contribution in [-0.4, -0.2) is 37.1 Å². The van der Waals surface area contributed by atoms with E-state index < -0.39 is 11.9 Å². The lowest BCUT2D eigenvalue weighted by atomic mass is 10.1. The van der Waals surface area contributed by atoms with Crippen LogP contribution < -0.4 is 16.4 Å². The summed E-state index contributed by atoms with van der Waals surface area (Å²) in [5.74, 6) is 0.00931. The number of hydrogen-bond donors (Lipinski definition) is 5. The van der Waals surface area contributed by atoms with Crippen LogP contribution in [0.4, 0.5) is 11.8 Å². The van der Waals surface area contributed by atoms with Crippen molar-refractivity contribution in [2.24, 2.45) is 5.73 Å². The molecule has 2 aromatic heterocycles. The highest BCUT2D eigenvalue weighted by atomic mass is 16.3. The van der Waals surface area contributed by atoms with E-state index in [4.69, 9.17) is 5.73 Å². The van der Waals surface area contributed by atoms with Gasteiger partial charge in [-0.05, 0) is 29.7 Å². The number of aliphatic hydroxyl groups is 2. The monoisotopic (exact) mass is 447 g/mol. The van der Waals surface area contributed by atoms with Gasteiger partial charge >= 0.3 is 0 Å². The van der Waals surface area contributed by atoms with E-state index in [-0.39, 0.29) is 24.6 Å². The molecule has 10 nitrogen and oxygen atoms in total. The van der Waals surface area contributed by atoms with Gasteiger partial charge in [0.1, 0.15) is 23.5 Å². The summed E-state index contributed by atoms with van der Waals surface area (Å²) in [4.78, 5) is 24.4. The summed E-state index contributed by atoms with van der Waals surface area (Å²) < 4.78 is 0. The molecule has 170 valence electrons. The zero-order valence-corrected chi connectivity index (χ0v) is 18.1. The average Bonchev–Trinajstić information content (AvgIpc) is 2.85. The minimum Gasteiger partial charge on any atom is -0.392 e. The van der Waals surface area contributed by atoms with Crippen molar-refractivity contribution in [1.82, 2.24) is 15.0 Å². The standard InChI is InChI=1S/C23H25N7O3/c1-2-19(21(25)33)29-22-17(9-24)11-27-23(30-22)26-10-14-3-5-16(6-4-14)20-8-15(12-31)7-18(13-32)28-20/h3-8,11,19,31-32H,2,10,12-13H2,1H3,(H2,25,33)(H2,26,27,29,30)/t19-/m1/s1. The molecule has 0 radical (unpaired) electrons. The van der Waals surface area contributed by atoms with Gasteiger partial charge in [0.25, 0.3) is 0 Å². The molecule has 0 aliphatic heterocycles. The fourth-order valence-electron chi connectivity index (χ4n) is 3.14. The Kier molecular flexibility index (Phi) is 7.86. The van der Waals surface area contributed by atoms with E-state index in [1.165, 1.54) is 6.20 Å². The van der Waals surface area contributed by atoms with E-state index in [2.05, 4.69) is 25.6 Å². The molecule has 1 amide bonds. The van der Waals surface area contributed by atoms with Gasteiger partial charge in [0.2, 0.25) is 11.9 Å². The molecule has 0 aliphatic rings. The van der Waals surface area contributed by atoms with Crippen LogP contribution in [0.2, 0.25) is 0 Å². The van der Waals surface area contributed by atoms with Crippen molar-refractivity contribution in [2.75, 3.05) is 10.6 Å². The van der Waals surface area contributed by atoms with Crippen LogP contribution in [0, 0.1) is 11.3 Å². The summed E-state index contributed by atoms with van der Waals surface area (Å²) in [7, 11) is 0. The van der Waals surface area contributed by atoms with Gasteiger partial charge in [-0.3, -0.25) is 9.78 Å². The number of nitrogens with two attached hydrogens (primary N) is 1. The molecular weight excluding hydrogens is 422 g/mol. The number of aliphatic hydroxyl groups excluding tert-OH is 2. The van der Waals surface area contributed by atoms with E-state index in [1.807, 2.05) is 30.3 Å². The number of nitrogens with zero attached hydrogens (tertiary/aromatic N) is 4. The Labute approximate surface area is 191 Å². The maximum absolute atomic E-state index is 11.5. The van der Waals surface area contributed by atoms with Crippen LogP contribution in [-0.2, 0) is 24.6 Å². The highest BCUT2D eigenvalue weighted by Gasteiger charge is 2.16. The molecule has 0 bridgehead atoms. The molecule has 0 saturated heterocycles. The molecule has 6 N–H and O–H groups in total. The minimum absolute atomic E-state index is 0.135. The van der Waals surface area contributed by atoms with E-state index in [0.29, 0.717) is 35.9 Å². The molecule has 10 heteroatoms. The molecule has 0 fully saturated rings. The van der Waals surface area contributed by atoms with E-state index in [1.54, 1.807) is 19.1 Å². The predicted molar refractivity (Wildman–Crippen MR) is 122 cm³/mol. The summed E-state index contributed by atoms with van der Waals surface area (Å²) in [5, 5.41) is 34.1. The number of carbonyl (C=O) groups excluding carboxylic acids is 1. The second-order valence-electron chi connectivity index (χ2n) is 7.29. The minimum atomic E-state index is -0.642. The molecular formula is C23H25N7O3. The number of amides is 1. The Bertz CT molecular complexity index is 1140. The Morgan fingerprint density at radius 3 is 2.52 bits per heavy atom. The largest absolute Gasteiger partial charge is 0.392 e. The topological polar surface area (TPSA) is 170 Å². The fourth-order valence-corrected chi connectivity index (χ4v) is 3.14. The molecule has 0 unspecified atom stereocenters. The number of nitrogens with one attached hydrogen (secondary N) is 2. The van der Waals surface area contributed by atoms with Crippen LogP contribution in [0.1, 0.15) is 35.7 Å². The van der Waals surface area contributed by atoms with Gasteiger partial charge in [0.05, 0.1) is 30.8 Å². The number of anilines is 2. The maximum atomic E-state index is 11.5. The number of rotatable bonds is 10. The quantitative estimate of drug-likeness (QED) is 0.310. The van der Waals surface area contributed by atoms with Crippen molar-refractivity contribution >= 4 is 17.7 Å². The normalized spacial score (nSPS) is 11.5. The van der Waals surface area contributed by atoms with Crippen molar-refractivity contribution in [2.45, 2.75) is 39.1 Å². The van der Waals surface area contributed by atoms with Gasteiger partial charge in [-0.2, -0.15) is 10.2 Å². The fraction of sp³-hybridized carbons (Fsp3) is 0.261. The van der Waals surface area contributed by atoms with Crippen LogP contribution >= 0.6 is 0 Å². The van der Waals surface area contributed by atoms with Crippen molar-refractivity contribution < 1.29 is 15.0 Å². The summed E-state index contributed by atoms with van der Waals surface area (Å²) >= 11 is 0. The summed E-state index contributed by atoms with van der Waals surface area (Å²) in [6, 6.07) is 12.4. The molecule has 1 atom stereocenters. The summed E-state index contributed by atoms with van der Waals surface area (Å²) in [6.07, 6.45) is 1.84. The first kappa shape index (κ1) is 23.6. The summed E-state index contributed by atoms with van der Waals surface area (Å²) in [5.41, 5.74) is 9.22. The Balaban J connectivity index is 1.72. The van der Waals surface area contributed by atoms with Crippen LogP contribution in [0.3, 0.4) is 0 Å². The van der Waals surface area contributed by atoms with Crippen molar-refractivity contribution in [1.29, 1.82) is 5.26 Å². The lowest BCUT2D eigenvalue weighted by Crippen LogP contribution is -2.35. The first-order valence-electron chi connectivity index (χ1n) is 10.3. The Morgan fingerprint density at radius 1 is 1.15 bits per heavy atom. The highest BCUT2D eigenvalue weighted by molar-refractivity contribution is 5.83. The third-order valence-corrected chi connectivity index (χ3v) is 4.95. The van der Waals surface area contributed by atoms with Gasteiger partial charge in [-0.1, -0.05) is 31.2 Å². The van der Waals surface area contributed by atoms with Crippen LogP contribution in [0.5, 0.6) is 0 Å². The molecule has 0 saturated carbocycles. The molecule has 0 aliphatic carbocycles. The summed E-state index contributed by atoms with van der Waals surface area (Å²) in [6.45, 7) is 1.89. The second-order valence-corrected chi connectivity index (χ2v) is 7.29. The third-order valence-electron chi connectivity index (χ3n) is 4.95. The van der Waals surface area contributed by atoms with Gasteiger partial charge < -0.3 is 26.6 Å². The van der Waals surface area contributed by atoms with Crippen molar-refractivity contribution in [3.05, 3.63) is 65.0 Å². The zero-order valence-electron chi connectivity index (χ0n) is 18.1. The molecule has 0 spiro atoms. The lowest BCUT2D eigenvalue weighted by molar-refractivity contribution is -0.118. The molecule has 33 heavy (non-hydrogen) atoms. The maximum Gasteiger partial charge on any atom is 0.239 e. The number of primary amides is 1. The molecule has 2 heterocycles. The Morgan fingerprint density at radius 2 is 1.91 bits per heavy atom. The van der Waals surface area contributed by atoms with Crippen molar-refractivity contribution in [3.8, 4) is 17.3 Å². The van der Waals surface area contributed by atoms with Gasteiger partial charge in [-0.25, -0.2) is 4.98 Å². The van der Waals surface area contributed by atoms with Crippen LogP contribution in [0.25, 0.3) is 11.3 Å². The van der Waals surface area contributed by atoms with Gasteiger partial charge in [0, 0.05) is 12.1 Å². The number of pyridine rings is 1. The van der Waals surface area contributed by atoms with Gasteiger partial charge in [0.15, 0.2) is 0 Å². The molecule has 3 aromatic rings. The van der Waals surface area contributed by atoms with Crippen molar-refractivity contribution in [3.63, 3.8) is 0 Å². The highest BCUT2D eigenvalue weighted by Crippen LogP contribution is 2.21.